The van der Waals surface area contributed by atoms with Crippen molar-refractivity contribution in [1.29, 1.82) is 0 Å². The molecular weight excluding hydrogens is 308 g/mol. The van der Waals surface area contributed by atoms with E-state index in [4.69, 9.17) is 0 Å². The van der Waals surface area contributed by atoms with Crippen molar-refractivity contribution in [3.8, 4) is 0 Å². The van der Waals surface area contributed by atoms with E-state index in [0.717, 1.165) is 44.4 Å². The fourth-order valence-corrected chi connectivity index (χ4v) is 1.82. The number of rotatable bonds is 11. The monoisotopic (exact) mass is 340 g/mol. The Balaban J connectivity index is -0.000000315. The van der Waals surface area contributed by atoms with Crippen LogP contribution in [0, 0.1) is 11.8 Å². The largest absolute Gasteiger partial charge is 2.00 e. The summed E-state index contributed by atoms with van der Waals surface area (Å²) in [6.45, 7) is 8.63. The average Bonchev–Trinajstić information content (AvgIpc) is 2.34. The van der Waals surface area contributed by atoms with Gasteiger partial charge in [0, 0.05) is 11.9 Å². The van der Waals surface area contributed by atoms with Crippen molar-refractivity contribution in [1.82, 2.24) is 0 Å². The Morgan fingerprint density at radius 3 is 1.32 bits per heavy atom. The van der Waals surface area contributed by atoms with Crippen LogP contribution < -0.4 is 10.2 Å². The topological polar surface area (TPSA) is 80.3 Å². The Kier molecular flexibility index (Phi) is 23.7. The van der Waals surface area contributed by atoms with Gasteiger partial charge in [0.15, 0.2) is 0 Å². The molecule has 0 aromatic carbocycles. The first-order valence-corrected chi connectivity index (χ1v) is 8.15. The van der Waals surface area contributed by atoms with Crippen molar-refractivity contribution >= 4 is 49.7 Å². The molecule has 0 aliphatic carbocycles. The number of carboxylic acid groups (broad SMARTS) is 2. The van der Waals surface area contributed by atoms with Crippen LogP contribution in [0.4, 0.5) is 0 Å². The number of carboxylic acids is 2. The Morgan fingerprint density at radius 2 is 1.00 bits per heavy atom. The second-order valence-electron chi connectivity index (χ2n) is 6.38. The third kappa shape index (κ3) is 32.2. The molecule has 0 aliphatic heterocycles. The number of carbonyl (C=O) groups excluding carboxylic acids is 2. The molecule has 0 N–H and O–H groups in total. The molecule has 0 heterocycles. The summed E-state index contributed by atoms with van der Waals surface area (Å²) in [6, 6.07) is 0. The molecule has 0 bridgehead atoms. The Morgan fingerprint density at radius 1 is 0.682 bits per heavy atom. The van der Waals surface area contributed by atoms with E-state index in [-0.39, 0.29) is 50.6 Å². The standard InChI is InChI=1S/C9H18O2.C8H16O2.Ca/c1-8(2)6-4-3-5-7-9(10)11;1-7(2)5-3-4-6-8(9)10;/h8H,3-7H2,1-2H3,(H,10,11);7H,3-6H2,1-2H3,(H,9,10);/q;;+2/p-2. The predicted molar refractivity (Wildman–Crippen MR) is 87.0 cm³/mol. The summed E-state index contributed by atoms with van der Waals surface area (Å²) >= 11 is 0. The molecule has 0 radical (unpaired) electrons. The van der Waals surface area contributed by atoms with Crippen LogP contribution in [0.15, 0.2) is 0 Å². The molecular formula is C17H32CaO4. The van der Waals surface area contributed by atoms with Crippen molar-refractivity contribution < 1.29 is 19.8 Å². The second-order valence-corrected chi connectivity index (χ2v) is 6.38. The summed E-state index contributed by atoms with van der Waals surface area (Å²) in [5.41, 5.74) is 0. The molecule has 22 heavy (non-hydrogen) atoms. The minimum Gasteiger partial charge on any atom is -0.550 e. The van der Waals surface area contributed by atoms with E-state index in [1.54, 1.807) is 0 Å². The molecule has 0 saturated heterocycles. The molecule has 0 unspecified atom stereocenters. The van der Waals surface area contributed by atoms with E-state index in [1.807, 2.05) is 0 Å². The number of aliphatic carboxylic acids is 2. The van der Waals surface area contributed by atoms with Gasteiger partial charge in [-0.1, -0.05) is 59.8 Å². The summed E-state index contributed by atoms with van der Waals surface area (Å²) in [5.74, 6) is -0.432. The normalized spacial score (nSPS) is 9.91. The molecule has 4 nitrogen and oxygen atoms in total. The molecule has 0 saturated carbocycles. The summed E-state index contributed by atoms with van der Waals surface area (Å²) in [5, 5.41) is 19.9. The molecule has 0 aliphatic rings. The number of hydrogen-bond donors (Lipinski definition) is 0. The van der Waals surface area contributed by atoms with Gasteiger partial charge in [-0.3, -0.25) is 0 Å². The van der Waals surface area contributed by atoms with Crippen molar-refractivity contribution in [3.05, 3.63) is 0 Å². The smallest absolute Gasteiger partial charge is 0.550 e. The zero-order valence-corrected chi connectivity index (χ0v) is 17.1. The molecule has 0 aromatic heterocycles. The third-order valence-electron chi connectivity index (χ3n) is 3.07. The zero-order valence-electron chi connectivity index (χ0n) is 14.9. The average molecular weight is 341 g/mol. The van der Waals surface area contributed by atoms with Gasteiger partial charge in [0.05, 0.1) is 0 Å². The number of unbranched alkanes of at least 4 members (excludes halogenated alkanes) is 3. The maximum Gasteiger partial charge on any atom is 2.00 e. The summed E-state index contributed by atoms with van der Waals surface area (Å²) in [4.78, 5) is 19.9. The number of carbonyl (C=O) groups is 2. The van der Waals surface area contributed by atoms with Crippen LogP contribution in [0.3, 0.4) is 0 Å². The van der Waals surface area contributed by atoms with Gasteiger partial charge in [0.25, 0.3) is 0 Å². The van der Waals surface area contributed by atoms with Crippen molar-refractivity contribution in [2.24, 2.45) is 11.8 Å². The SMILES string of the molecule is CC(C)CCCCC(=O)[O-].CC(C)CCCCCC(=O)[O-].[Ca+2]. The summed E-state index contributed by atoms with van der Waals surface area (Å²) < 4.78 is 0. The maximum absolute atomic E-state index is 9.99. The van der Waals surface area contributed by atoms with E-state index in [0.29, 0.717) is 5.92 Å². The van der Waals surface area contributed by atoms with Gasteiger partial charge in [-0.05, 0) is 37.5 Å². The van der Waals surface area contributed by atoms with E-state index < -0.39 is 11.9 Å². The Bertz CT molecular complexity index is 265. The van der Waals surface area contributed by atoms with E-state index in [1.165, 1.54) is 6.42 Å². The van der Waals surface area contributed by atoms with Crippen LogP contribution >= 0.6 is 0 Å². The molecule has 0 spiro atoms. The van der Waals surface area contributed by atoms with E-state index >= 15 is 0 Å². The molecule has 0 atom stereocenters. The summed E-state index contributed by atoms with van der Waals surface area (Å²) in [6.07, 6.45) is 7.46. The van der Waals surface area contributed by atoms with Crippen molar-refractivity contribution in [2.45, 2.75) is 85.5 Å². The van der Waals surface area contributed by atoms with Crippen LogP contribution in [0.5, 0.6) is 0 Å². The molecule has 0 rings (SSSR count). The maximum atomic E-state index is 9.99. The van der Waals surface area contributed by atoms with E-state index in [2.05, 4.69) is 27.7 Å². The first kappa shape index (κ1) is 27.1. The van der Waals surface area contributed by atoms with Crippen LogP contribution in [0.2, 0.25) is 0 Å². The molecule has 0 fully saturated rings. The van der Waals surface area contributed by atoms with Gasteiger partial charge in [0.1, 0.15) is 0 Å². The quantitative estimate of drug-likeness (QED) is 0.425. The van der Waals surface area contributed by atoms with Gasteiger partial charge in [-0.2, -0.15) is 0 Å². The number of hydrogen-bond acceptors (Lipinski definition) is 4. The van der Waals surface area contributed by atoms with Crippen LogP contribution in [0.25, 0.3) is 0 Å². The Hall–Kier alpha value is 0.200. The van der Waals surface area contributed by atoms with Gasteiger partial charge in [-0.15, -0.1) is 0 Å². The molecule has 0 aromatic rings. The van der Waals surface area contributed by atoms with Crippen molar-refractivity contribution in [2.75, 3.05) is 0 Å². The fourth-order valence-electron chi connectivity index (χ4n) is 1.82. The molecule has 0 amide bonds. The van der Waals surface area contributed by atoms with Crippen LogP contribution in [-0.2, 0) is 9.59 Å². The van der Waals surface area contributed by atoms with Gasteiger partial charge >= 0.3 is 37.7 Å². The molecule has 126 valence electrons. The van der Waals surface area contributed by atoms with Gasteiger partial charge in [-0.25, -0.2) is 0 Å². The predicted octanol–water partition coefficient (Wildman–Crippen LogP) is 1.91. The van der Waals surface area contributed by atoms with E-state index in [9.17, 15) is 19.8 Å². The molecule has 5 heteroatoms. The van der Waals surface area contributed by atoms with Crippen molar-refractivity contribution in [3.63, 3.8) is 0 Å². The fraction of sp³-hybridized carbons (Fsp3) is 0.882. The van der Waals surface area contributed by atoms with Crippen LogP contribution in [-0.4, -0.2) is 49.7 Å². The van der Waals surface area contributed by atoms with Crippen LogP contribution in [0.1, 0.15) is 85.5 Å². The van der Waals surface area contributed by atoms with Gasteiger partial charge in [0.2, 0.25) is 0 Å². The minimum atomic E-state index is -0.927. The first-order chi connectivity index (χ1) is 9.75. The minimum absolute atomic E-state index is 0. The Labute approximate surface area is 166 Å². The third-order valence-corrected chi connectivity index (χ3v) is 3.07. The second kappa shape index (κ2) is 19.2. The summed E-state index contributed by atoms with van der Waals surface area (Å²) in [7, 11) is 0. The van der Waals surface area contributed by atoms with Gasteiger partial charge < -0.3 is 19.8 Å². The first-order valence-electron chi connectivity index (χ1n) is 8.15. The zero-order chi connectivity index (χ0) is 16.7.